The monoisotopic (exact) mass is 212 g/mol. The summed E-state index contributed by atoms with van der Waals surface area (Å²) < 4.78 is 0. The molecule has 0 radical (unpaired) electrons. The SMILES string of the molecule is CC(CO)CSCc1cc(N)ccn1. The van der Waals surface area contributed by atoms with Crippen molar-refractivity contribution in [1.29, 1.82) is 0 Å². The van der Waals surface area contributed by atoms with Crippen molar-refractivity contribution in [2.24, 2.45) is 5.92 Å². The molecule has 1 heterocycles. The highest BCUT2D eigenvalue weighted by molar-refractivity contribution is 7.98. The molecule has 3 N–H and O–H groups in total. The number of nitrogen functional groups attached to an aromatic ring is 1. The first kappa shape index (κ1) is 11.3. The lowest BCUT2D eigenvalue weighted by molar-refractivity contribution is 0.250. The average molecular weight is 212 g/mol. The van der Waals surface area contributed by atoms with E-state index in [4.69, 9.17) is 10.8 Å². The number of anilines is 1. The summed E-state index contributed by atoms with van der Waals surface area (Å²) in [4.78, 5) is 4.20. The van der Waals surface area contributed by atoms with Crippen LogP contribution < -0.4 is 5.73 Å². The molecule has 1 unspecified atom stereocenters. The minimum absolute atomic E-state index is 0.247. The number of aliphatic hydroxyl groups is 1. The quantitative estimate of drug-likeness (QED) is 0.777. The number of aliphatic hydroxyl groups excluding tert-OH is 1. The molecule has 0 amide bonds. The van der Waals surface area contributed by atoms with Gasteiger partial charge in [0, 0.05) is 24.2 Å². The smallest absolute Gasteiger partial charge is 0.0523 e. The van der Waals surface area contributed by atoms with E-state index in [0.717, 1.165) is 22.9 Å². The molecule has 0 spiro atoms. The largest absolute Gasteiger partial charge is 0.399 e. The zero-order valence-electron chi connectivity index (χ0n) is 8.31. The van der Waals surface area contributed by atoms with Gasteiger partial charge >= 0.3 is 0 Å². The molecular weight excluding hydrogens is 196 g/mol. The summed E-state index contributed by atoms with van der Waals surface area (Å²) in [6.07, 6.45) is 1.72. The molecule has 1 rings (SSSR count). The molecule has 0 saturated heterocycles. The summed E-state index contributed by atoms with van der Waals surface area (Å²) in [5.74, 6) is 2.16. The van der Waals surface area contributed by atoms with Crippen LogP contribution in [0.4, 0.5) is 5.69 Å². The van der Waals surface area contributed by atoms with Gasteiger partial charge in [0.2, 0.25) is 0 Å². The zero-order chi connectivity index (χ0) is 10.4. The fourth-order valence-electron chi connectivity index (χ4n) is 0.993. The summed E-state index contributed by atoms with van der Waals surface area (Å²) in [5, 5.41) is 8.83. The number of rotatable bonds is 5. The number of hydrogen-bond acceptors (Lipinski definition) is 4. The van der Waals surface area contributed by atoms with E-state index in [9.17, 15) is 0 Å². The van der Waals surface area contributed by atoms with Gasteiger partial charge in [0.05, 0.1) is 5.69 Å². The normalized spacial score (nSPS) is 12.7. The van der Waals surface area contributed by atoms with Gasteiger partial charge in [-0.2, -0.15) is 11.8 Å². The van der Waals surface area contributed by atoms with Gasteiger partial charge in [0.1, 0.15) is 0 Å². The van der Waals surface area contributed by atoms with Crippen LogP contribution in [0.3, 0.4) is 0 Å². The Morgan fingerprint density at radius 1 is 1.64 bits per heavy atom. The van der Waals surface area contributed by atoms with Crippen molar-refractivity contribution in [3.63, 3.8) is 0 Å². The molecule has 78 valence electrons. The second kappa shape index (κ2) is 5.88. The van der Waals surface area contributed by atoms with Crippen molar-refractivity contribution >= 4 is 17.4 Å². The molecule has 0 saturated carbocycles. The molecule has 4 heteroatoms. The Labute approximate surface area is 88.7 Å². The van der Waals surface area contributed by atoms with Gasteiger partial charge in [0.25, 0.3) is 0 Å². The van der Waals surface area contributed by atoms with E-state index in [1.54, 1.807) is 24.0 Å². The topological polar surface area (TPSA) is 59.1 Å². The van der Waals surface area contributed by atoms with Crippen LogP contribution in [0.5, 0.6) is 0 Å². The van der Waals surface area contributed by atoms with E-state index in [-0.39, 0.29) is 6.61 Å². The van der Waals surface area contributed by atoms with Crippen LogP contribution in [0, 0.1) is 5.92 Å². The van der Waals surface area contributed by atoms with Crippen molar-refractivity contribution in [1.82, 2.24) is 4.98 Å². The first-order valence-corrected chi connectivity index (χ1v) is 5.77. The third-order valence-corrected chi connectivity index (χ3v) is 3.11. The second-order valence-electron chi connectivity index (χ2n) is 3.38. The van der Waals surface area contributed by atoms with Crippen LogP contribution in [0.2, 0.25) is 0 Å². The highest BCUT2D eigenvalue weighted by atomic mass is 32.2. The maximum atomic E-state index is 8.83. The Morgan fingerprint density at radius 3 is 3.07 bits per heavy atom. The third-order valence-electron chi connectivity index (χ3n) is 1.80. The van der Waals surface area contributed by atoms with Gasteiger partial charge in [-0.1, -0.05) is 6.92 Å². The number of aromatic nitrogens is 1. The zero-order valence-corrected chi connectivity index (χ0v) is 9.13. The molecule has 0 fully saturated rings. The summed E-state index contributed by atoms with van der Waals surface area (Å²) in [7, 11) is 0. The second-order valence-corrected chi connectivity index (χ2v) is 4.41. The van der Waals surface area contributed by atoms with E-state index in [2.05, 4.69) is 4.98 Å². The molecule has 1 atom stereocenters. The first-order valence-electron chi connectivity index (χ1n) is 4.61. The highest BCUT2D eigenvalue weighted by Gasteiger charge is 2.01. The Hall–Kier alpha value is -0.740. The van der Waals surface area contributed by atoms with E-state index < -0.39 is 0 Å². The minimum atomic E-state index is 0.247. The van der Waals surface area contributed by atoms with E-state index in [1.807, 2.05) is 13.0 Å². The molecule has 0 aromatic carbocycles. The Morgan fingerprint density at radius 2 is 2.43 bits per heavy atom. The lowest BCUT2D eigenvalue weighted by Gasteiger charge is -2.06. The van der Waals surface area contributed by atoms with E-state index in [1.165, 1.54) is 0 Å². The third kappa shape index (κ3) is 3.98. The molecule has 3 nitrogen and oxygen atoms in total. The number of pyridine rings is 1. The van der Waals surface area contributed by atoms with Crippen LogP contribution in [-0.4, -0.2) is 22.5 Å². The summed E-state index contributed by atoms with van der Waals surface area (Å²) >= 11 is 1.77. The molecule has 1 aromatic rings. The van der Waals surface area contributed by atoms with Crippen LogP contribution in [-0.2, 0) is 5.75 Å². The Balaban J connectivity index is 2.31. The average Bonchev–Trinajstić information content (AvgIpc) is 2.17. The number of nitrogens with two attached hydrogens (primary N) is 1. The molecule has 0 aliphatic heterocycles. The standard InChI is InChI=1S/C10H16N2OS/c1-8(5-13)6-14-7-10-4-9(11)2-3-12-10/h2-4,8,13H,5-7H2,1H3,(H2,11,12). The summed E-state index contributed by atoms with van der Waals surface area (Å²) in [5.41, 5.74) is 7.38. The fourth-order valence-corrected chi connectivity index (χ4v) is 1.99. The lowest BCUT2D eigenvalue weighted by Crippen LogP contribution is -2.03. The van der Waals surface area contributed by atoms with Gasteiger partial charge in [-0.25, -0.2) is 0 Å². The molecular formula is C10H16N2OS. The molecule has 0 aliphatic carbocycles. The van der Waals surface area contributed by atoms with Crippen LogP contribution >= 0.6 is 11.8 Å². The summed E-state index contributed by atoms with van der Waals surface area (Å²) in [6.45, 7) is 2.27. The maximum Gasteiger partial charge on any atom is 0.0523 e. The maximum absolute atomic E-state index is 8.83. The predicted octanol–water partition coefficient (Wildman–Crippen LogP) is 1.53. The van der Waals surface area contributed by atoms with Crippen LogP contribution in [0.1, 0.15) is 12.6 Å². The van der Waals surface area contributed by atoms with Crippen molar-refractivity contribution in [2.45, 2.75) is 12.7 Å². The van der Waals surface area contributed by atoms with Crippen molar-refractivity contribution in [2.75, 3.05) is 18.1 Å². The van der Waals surface area contributed by atoms with Crippen molar-refractivity contribution < 1.29 is 5.11 Å². The van der Waals surface area contributed by atoms with Gasteiger partial charge in [-0.05, 0) is 23.8 Å². The number of nitrogens with zero attached hydrogens (tertiary/aromatic N) is 1. The summed E-state index contributed by atoms with van der Waals surface area (Å²) in [6, 6.07) is 3.67. The predicted molar refractivity (Wildman–Crippen MR) is 61.1 cm³/mol. The fraction of sp³-hybridized carbons (Fsp3) is 0.500. The Kier molecular flexibility index (Phi) is 4.76. The van der Waals surface area contributed by atoms with E-state index >= 15 is 0 Å². The first-order chi connectivity index (χ1) is 6.72. The highest BCUT2D eigenvalue weighted by Crippen LogP contribution is 2.15. The minimum Gasteiger partial charge on any atom is -0.399 e. The van der Waals surface area contributed by atoms with Gasteiger partial charge in [-0.3, -0.25) is 4.98 Å². The Bertz CT molecular complexity index is 281. The van der Waals surface area contributed by atoms with E-state index in [0.29, 0.717) is 5.92 Å². The molecule has 0 bridgehead atoms. The van der Waals surface area contributed by atoms with Crippen LogP contribution in [0.25, 0.3) is 0 Å². The lowest BCUT2D eigenvalue weighted by atomic mass is 10.2. The van der Waals surface area contributed by atoms with Gasteiger partial charge in [0.15, 0.2) is 0 Å². The van der Waals surface area contributed by atoms with Crippen molar-refractivity contribution in [3.8, 4) is 0 Å². The molecule has 0 aliphatic rings. The van der Waals surface area contributed by atoms with Crippen molar-refractivity contribution in [3.05, 3.63) is 24.0 Å². The van der Waals surface area contributed by atoms with Gasteiger partial charge in [-0.15, -0.1) is 0 Å². The molecule has 14 heavy (non-hydrogen) atoms. The number of thioether (sulfide) groups is 1. The van der Waals surface area contributed by atoms with Gasteiger partial charge < -0.3 is 10.8 Å². The number of hydrogen-bond donors (Lipinski definition) is 2. The van der Waals surface area contributed by atoms with Crippen LogP contribution in [0.15, 0.2) is 18.3 Å². The molecule has 1 aromatic heterocycles.